The van der Waals surface area contributed by atoms with Crippen LogP contribution in [0.5, 0.6) is 0 Å². The number of hydrogen-bond acceptors (Lipinski definition) is 13. The van der Waals surface area contributed by atoms with Gasteiger partial charge < -0.3 is 25.2 Å². The van der Waals surface area contributed by atoms with E-state index in [4.69, 9.17) is 9.92 Å². The molecule has 3 fully saturated rings. The number of carbonyl (C=O) groups excluding carboxylic acids is 3. The number of aliphatic carboxylic acids is 1. The van der Waals surface area contributed by atoms with E-state index in [-0.39, 0.29) is 41.4 Å². The number of amides is 2. The molecule has 4 heterocycles. The fourth-order valence-corrected chi connectivity index (χ4v) is 13.5. The normalized spacial score (nSPS) is 25.9. The first kappa shape index (κ1) is 36.6. The monoisotopic (exact) mass is 749 g/mol. The average molecular weight is 750 g/mol. The molecule has 2 saturated carbocycles. The van der Waals surface area contributed by atoms with E-state index in [0.717, 1.165) is 64.2 Å². The minimum atomic E-state index is -2.51. The number of β-lactam (4-membered cyclic amide) rings is 1. The van der Waals surface area contributed by atoms with Gasteiger partial charge in [0.25, 0.3) is 5.91 Å². The second-order valence-electron chi connectivity index (χ2n) is 14.0. The lowest BCUT2D eigenvalue weighted by Crippen LogP contribution is -2.74. The predicted molar refractivity (Wildman–Crippen MR) is 191 cm³/mol. The summed E-state index contributed by atoms with van der Waals surface area (Å²) >= 11 is 2.53. The third kappa shape index (κ3) is 8.12. The molecule has 2 aromatic heterocycles. The number of carbonyl (C=O) groups is 4. The lowest BCUT2D eigenvalue weighted by Gasteiger charge is -2.61. The first-order valence-corrected chi connectivity index (χ1v) is 21.2. The van der Waals surface area contributed by atoms with Crippen molar-refractivity contribution in [1.82, 2.24) is 40.3 Å². The Balaban J connectivity index is 1.36. The number of nitrogens with two attached hydrogens (primary N) is 1. The summed E-state index contributed by atoms with van der Waals surface area (Å²) in [5, 5.41) is 27.4. The SMILES string of the molecule is CN(C)CCn1nnnc1SCC1=C(C(=O)O)N2C(=O)[C@@H](NC(=O)Cc3csc(N)n3)[C@@H]2S(CC2CCCCC2)(OC(=O)C2CCCCC2)C1. The van der Waals surface area contributed by atoms with Crippen LogP contribution in [0.3, 0.4) is 0 Å². The zero-order valence-corrected chi connectivity index (χ0v) is 31.1. The summed E-state index contributed by atoms with van der Waals surface area (Å²) in [5.41, 5.74) is 6.66. The highest BCUT2D eigenvalue weighted by molar-refractivity contribution is 8.30. The Morgan fingerprint density at radius 2 is 1.86 bits per heavy atom. The van der Waals surface area contributed by atoms with Gasteiger partial charge >= 0.3 is 11.9 Å². The first-order valence-electron chi connectivity index (χ1n) is 17.4. The maximum Gasteiger partial charge on any atom is 0.352 e. The zero-order chi connectivity index (χ0) is 35.4. The maximum atomic E-state index is 14.1. The lowest BCUT2D eigenvalue weighted by molar-refractivity contribution is -0.151. The Morgan fingerprint density at radius 3 is 2.52 bits per heavy atom. The summed E-state index contributed by atoms with van der Waals surface area (Å²) in [6, 6.07) is -1.03. The molecular weight excluding hydrogens is 703 g/mol. The second-order valence-corrected chi connectivity index (χ2v) is 18.8. The van der Waals surface area contributed by atoms with Gasteiger partial charge in [0.1, 0.15) is 17.1 Å². The van der Waals surface area contributed by atoms with Crippen molar-refractivity contribution in [2.45, 2.75) is 93.7 Å². The van der Waals surface area contributed by atoms with E-state index in [0.29, 0.717) is 40.4 Å². The smallest absolute Gasteiger partial charge is 0.352 e. The Kier molecular flexibility index (Phi) is 11.7. The second kappa shape index (κ2) is 16.0. The van der Waals surface area contributed by atoms with E-state index >= 15 is 0 Å². The first-order chi connectivity index (χ1) is 24.0. The van der Waals surface area contributed by atoms with Gasteiger partial charge in [-0.1, -0.05) is 60.6 Å². The molecule has 1 saturated heterocycles. The summed E-state index contributed by atoms with van der Waals surface area (Å²) in [6.45, 7) is 1.25. The molecule has 2 amide bonds. The van der Waals surface area contributed by atoms with Crippen LogP contribution in [-0.4, -0.2) is 113 Å². The van der Waals surface area contributed by atoms with E-state index in [9.17, 15) is 24.3 Å². The van der Waals surface area contributed by atoms with Crippen molar-refractivity contribution in [3.63, 3.8) is 0 Å². The van der Waals surface area contributed by atoms with Crippen molar-refractivity contribution < 1.29 is 28.5 Å². The van der Waals surface area contributed by atoms with Crippen LogP contribution in [-0.2, 0) is 36.3 Å². The van der Waals surface area contributed by atoms with Gasteiger partial charge in [0.15, 0.2) is 5.13 Å². The predicted octanol–water partition coefficient (Wildman–Crippen LogP) is 3.04. The molecule has 4 N–H and O–H groups in total. The highest BCUT2D eigenvalue weighted by Crippen LogP contribution is 2.66. The van der Waals surface area contributed by atoms with Crippen molar-refractivity contribution in [2.24, 2.45) is 11.8 Å². The molecule has 0 bridgehead atoms. The Morgan fingerprint density at radius 1 is 1.14 bits per heavy atom. The minimum Gasteiger partial charge on any atom is -0.477 e. The van der Waals surface area contributed by atoms with E-state index in [1.165, 1.54) is 28.0 Å². The number of nitrogens with zero attached hydrogens (tertiary/aromatic N) is 7. The van der Waals surface area contributed by atoms with Gasteiger partial charge in [-0.15, -0.1) is 16.4 Å². The van der Waals surface area contributed by atoms with Crippen molar-refractivity contribution in [3.05, 3.63) is 22.3 Å². The van der Waals surface area contributed by atoms with Gasteiger partial charge in [-0.2, -0.15) is 0 Å². The van der Waals surface area contributed by atoms with Crippen molar-refractivity contribution in [3.8, 4) is 0 Å². The zero-order valence-electron chi connectivity index (χ0n) is 28.6. The molecule has 4 aliphatic rings. The number of rotatable bonds is 14. The third-order valence-electron chi connectivity index (χ3n) is 9.97. The van der Waals surface area contributed by atoms with Crippen molar-refractivity contribution in [1.29, 1.82) is 0 Å². The standard InChI is InChI=1S/C32H47N9O6S3/c1-39(2)13-14-40-32(36-37-38-40)49-16-22-19-50(18-20-9-5-3-6-10-20,47-30(46)21-11-7-4-8-12-21)28-25(27(43)41(28)26(22)29(44)45)35-24(42)15-23-17-48-31(33)34-23/h17,20-21,25,28H,3-16,18-19H2,1-2H3,(H2,33,34)(H,35,42)(H,44,45)/t25-,28+/m1/s1. The third-order valence-corrected chi connectivity index (χ3v) is 15.5. The number of thiazole rings is 1. The maximum absolute atomic E-state index is 14.1. The number of anilines is 1. The molecule has 2 aliphatic heterocycles. The fourth-order valence-electron chi connectivity index (χ4n) is 7.53. The van der Waals surface area contributed by atoms with Crippen molar-refractivity contribution >= 4 is 62.3 Å². The molecule has 1 unspecified atom stereocenters. The van der Waals surface area contributed by atoms with Crippen LogP contribution in [0.1, 0.15) is 69.9 Å². The van der Waals surface area contributed by atoms with Gasteiger partial charge in [0, 0.05) is 29.2 Å². The minimum absolute atomic E-state index is 0.0803. The largest absolute Gasteiger partial charge is 0.477 e. The molecule has 50 heavy (non-hydrogen) atoms. The molecule has 2 aliphatic carbocycles. The van der Waals surface area contributed by atoms with Crippen LogP contribution >= 0.6 is 33.4 Å². The number of nitrogen functional groups attached to an aromatic ring is 1. The quantitative estimate of drug-likeness (QED) is 0.188. The molecule has 274 valence electrons. The van der Waals surface area contributed by atoms with E-state index in [1.807, 2.05) is 19.0 Å². The molecule has 0 radical (unpaired) electrons. The average Bonchev–Trinajstić information content (AvgIpc) is 3.73. The van der Waals surface area contributed by atoms with Crippen molar-refractivity contribution in [2.75, 3.05) is 43.6 Å². The van der Waals surface area contributed by atoms with E-state index in [1.54, 1.807) is 10.1 Å². The van der Waals surface area contributed by atoms with Crippen LogP contribution in [0.4, 0.5) is 5.13 Å². The topological polar surface area (TPSA) is 199 Å². The molecule has 6 rings (SSSR count). The van der Waals surface area contributed by atoms with Gasteiger partial charge in [0.2, 0.25) is 11.1 Å². The summed E-state index contributed by atoms with van der Waals surface area (Å²) in [4.78, 5) is 62.0. The van der Waals surface area contributed by atoms with E-state index < -0.39 is 39.5 Å². The number of tetrazole rings is 1. The van der Waals surface area contributed by atoms with Gasteiger partial charge in [-0.25, -0.2) is 14.5 Å². The summed E-state index contributed by atoms with van der Waals surface area (Å²) in [6.07, 6.45) is 9.60. The highest BCUT2D eigenvalue weighted by Gasteiger charge is 2.63. The Hall–Kier alpha value is -3.22. The molecule has 3 atom stereocenters. The van der Waals surface area contributed by atoms with Crippen LogP contribution in [0.25, 0.3) is 0 Å². The Labute approximate surface area is 301 Å². The van der Waals surface area contributed by atoms with Gasteiger partial charge in [-0.05, 0) is 61.7 Å². The molecule has 15 nitrogen and oxygen atoms in total. The number of carboxylic acids is 1. The van der Waals surface area contributed by atoms with Gasteiger partial charge in [-0.3, -0.25) is 19.3 Å². The molecule has 0 aromatic carbocycles. The summed E-state index contributed by atoms with van der Waals surface area (Å²) in [7, 11) is 1.40. The van der Waals surface area contributed by atoms with Crippen LogP contribution < -0.4 is 11.1 Å². The lowest BCUT2D eigenvalue weighted by atomic mass is 9.90. The molecule has 18 heteroatoms. The van der Waals surface area contributed by atoms with E-state index in [2.05, 4.69) is 25.8 Å². The highest BCUT2D eigenvalue weighted by atomic mass is 32.3. The molecule has 0 spiro atoms. The number of thioether (sulfide) groups is 1. The number of hydrogen-bond donors (Lipinski definition) is 3. The van der Waals surface area contributed by atoms with Crippen LogP contribution in [0, 0.1) is 11.8 Å². The number of fused-ring (bicyclic) bond motifs is 1. The fraction of sp³-hybridized carbons (Fsp3) is 0.688. The van der Waals surface area contributed by atoms with Crippen LogP contribution in [0.15, 0.2) is 21.8 Å². The number of likely N-dealkylation sites (N-methyl/N-ethyl adjacent to an activating group) is 1. The van der Waals surface area contributed by atoms with Gasteiger partial charge in [0.05, 0.1) is 24.6 Å². The number of aromatic nitrogens is 5. The number of carboxylic acid groups (broad SMARTS) is 1. The Bertz CT molecular complexity index is 1600. The summed E-state index contributed by atoms with van der Waals surface area (Å²) < 4.78 is 8.48. The molecule has 2 aromatic rings. The number of nitrogens with one attached hydrogen (secondary N) is 1. The van der Waals surface area contributed by atoms with Crippen LogP contribution in [0.2, 0.25) is 0 Å². The molecular formula is C32H47N9O6S3. The summed E-state index contributed by atoms with van der Waals surface area (Å²) in [5.74, 6) is -1.48.